The molecule has 2 aromatic heterocycles. The van der Waals surface area contributed by atoms with Gasteiger partial charge in [-0.3, -0.25) is 4.68 Å². The van der Waals surface area contributed by atoms with Crippen LogP contribution in [0.2, 0.25) is 0 Å². The molecular formula is C17H25N5O3S. The number of sulfonamides is 1. The Morgan fingerprint density at radius 1 is 1.27 bits per heavy atom. The van der Waals surface area contributed by atoms with Gasteiger partial charge in [0, 0.05) is 32.6 Å². The third kappa shape index (κ3) is 3.56. The first-order valence-corrected chi connectivity index (χ1v) is 10.6. The van der Waals surface area contributed by atoms with Crippen LogP contribution in [0.25, 0.3) is 0 Å². The predicted molar refractivity (Wildman–Crippen MR) is 94.7 cm³/mol. The number of hydrogen-bond acceptors (Lipinski definition) is 5. The van der Waals surface area contributed by atoms with Crippen molar-refractivity contribution in [1.29, 1.82) is 0 Å². The monoisotopic (exact) mass is 379 g/mol. The second-order valence-electron chi connectivity index (χ2n) is 7.29. The van der Waals surface area contributed by atoms with E-state index >= 15 is 0 Å². The molecule has 0 spiro atoms. The minimum Gasteiger partial charge on any atom is -0.375 e. The Kier molecular flexibility index (Phi) is 4.85. The standard InChI is InChI=1S/C17H25N5O3S/c1-20-11-17(18-13-20)26(23,24)21-8-15-6-7-19-22(15)10-16(9-21)25-12-14-4-2-3-5-14/h6-7,11,13-14,16H,2-5,8-10,12H2,1H3. The third-order valence-corrected chi connectivity index (χ3v) is 6.95. The molecule has 9 heteroatoms. The first kappa shape index (κ1) is 17.7. The molecule has 1 aliphatic heterocycles. The van der Waals surface area contributed by atoms with Crippen LogP contribution in [0, 0.1) is 5.92 Å². The number of rotatable bonds is 5. The first-order valence-electron chi connectivity index (χ1n) is 9.13. The van der Waals surface area contributed by atoms with Gasteiger partial charge in [0.15, 0.2) is 5.03 Å². The molecule has 3 heterocycles. The zero-order valence-electron chi connectivity index (χ0n) is 15.0. The lowest BCUT2D eigenvalue weighted by molar-refractivity contribution is 0.0123. The molecule has 8 nitrogen and oxygen atoms in total. The Morgan fingerprint density at radius 3 is 2.81 bits per heavy atom. The number of imidazole rings is 1. The van der Waals surface area contributed by atoms with Crippen molar-refractivity contribution in [3.63, 3.8) is 0 Å². The van der Waals surface area contributed by atoms with Crippen LogP contribution in [0.1, 0.15) is 31.4 Å². The Labute approximate surface area is 153 Å². The molecule has 4 rings (SSSR count). The number of hydrogen-bond donors (Lipinski definition) is 0. The molecule has 0 bridgehead atoms. The fourth-order valence-electron chi connectivity index (χ4n) is 3.77. The van der Waals surface area contributed by atoms with Gasteiger partial charge in [0.25, 0.3) is 10.0 Å². The van der Waals surface area contributed by atoms with Gasteiger partial charge in [-0.25, -0.2) is 13.4 Å². The SMILES string of the molecule is Cn1cnc(S(=O)(=O)N2Cc3ccnn3CC(OCC3CCCC3)C2)c1. The van der Waals surface area contributed by atoms with E-state index in [9.17, 15) is 8.42 Å². The molecule has 2 aliphatic rings. The first-order chi connectivity index (χ1) is 12.5. The van der Waals surface area contributed by atoms with Crippen molar-refractivity contribution in [2.45, 2.75) is 49.9 Å². The van der Waals surface area contributed by atoms with Crippen LogP contribution in [-0.2, 0) is 34.9 Å². The van der Waals surface area contributed by atoms with Crippen LogP contribution < -0.4 is 0 Å². The molecule has 2 aromatic rings. The smallest absolute Gasteiger partial charge is 0.262 e. The summed E-state index contributed by atoms with van der Waals surface area (Å²) in [5, 5.41) is 4.41. The summed E-state index contributed by atoms with van der Waals surface area (Å²) in [6.45, 7) is 1.86. The summed E-state index contributed by atoms with van der Waals surface area (Å²) >= 11 is 0. The average molecular weight is 379 g/mol. The Morgan fingerprint density at radius 2 is 2.08 bits per heavy atom. The van der Waals surface area contributed by atoms with E-state index in [0.29, 0.717) is 25.6 Å². The zero-order valence-corrected chi connectivity index (χ0v) is 15.8. The highest BCUT2D eigenvalue weighted by molar-refractivity contribution is 7.89. The number of ether oxygens (including phenoxy) is 1. The van der Waals surface area contributed by atoms with Crippen molar-refractivity contribution >= 4 is 10.0 Å². The molecule has 0 amide bonds. The third-order valence-electron chi connectivity index (χ3n) is 5.25. The number of nitrogens with zero attached hydrogens (tertiary/aromatic N) is 5. The molecule has 1 saturated carbocycles. The maximum atomic E-state index is 13.1. The van der Waals surface area contributed by atoms with Crippen molar-refractivity contribution in [2.24, 2.45) is 13.0 Å². The van der Waals surface area contributed by atoms with E-state index in [4.69, 9.17) is 4.74 Å². The van der Waals surface area contributed by atoms with Crippen LogP contribution in [-0.4, -0.2) is 51.3 Å². The van der Waals surface area contributed by atoms with Gasteiger partial charge in [-0.05, 0) is 24.8 Å². The fourth-order valence-corrected chi connectivity index (χ4v) is 5.18. The molecule has 0 aromatic carbocycles. The predicted octanol–water partition coefficient (Wildman–Crippen LogP) is 1.40. The summed E-state index contributed by atoms with van der Waals surface area (Å²) in [5.41, 5.74) is 0.872. The van der Waals surface area contributed by atoms with Crippen LogP contribution in [0.15, 0.2) is 29.8 Å². The molecule has 0 saturated heterocycles. The molecular weight excluding hydrogens is 354 g/mol. The van der Waals surface area contributed by atoms with Gasteiger partial charge in [-0.2, -0.15) is 9.40 Å². The highest BCUT2D eigenvalue weighted by Crippen LogP contribution is 2.26. The minimum atomic E-state index is -3.68. The highest BCUT2D eigenvalue weighted by Gasteiger charge is 2.33. The molecule has 142 valence electrons. The molecule has 1 fully saturated rings. The van der Waals surface area contributed by atoms with Crippen LogP contribution in [0.4, 0.5) is 0 Å². The lowest BCUT2D eigenvalue weighted by Crippen LogP contribution is -2.38. The lowest BCUT2D eigenvalue weighted by atomic mass is 10.1. The number of aromatic nitrogens is 4. The van der Waals surface area contributed by atoms with Crippen molar-refractivity contribution < 1.29 is 13.2 Å². The maximum absolute atomic E-state index is 13.1. The summed E-state index contributed by atoms with van der Waals surface area (Å²) in [4.78, 5) is 4.04. The molecule has 26 heavy (non-hydrogen) atoms. The normalized spacial score (nSPS) is 22.4. The van der Waals surface area contributed by atoms with E-state index in [2.05, 4.69) is 10.1 Å². The van der Waals surface area contributed by atoms with Gasteiger partial charge in [-0.1, -0.05) is 12.8 Å². The Balaban J connectivity index is 1.55. The van der Waals surface area contributed by atoms with Crippen molar-refractivity contribution in [2.75, 3.05) is 13.2 Å². The summed E-state index contributed by atoms with van der Waals surface area (Å²) in [6.07, 6.45) is 9.47. The van der Waals surface area contributed by atoms with Gasteiger partial charge < -0.3 is 9.30 Å². The van der Waals surface area contributed by atoms with E-state index in [1.165, 1.54) is 42.5 Å². The van der Waals surface area contributed by atoms with E-state index in [1.54, 1.807) is 17.8 Å². The summed E-state index contributed by atoms with van der Waals surface area (Å²) in [6, 6.07) is 1.86. The van der Waals surface area contributed by atoms with Crippen LogP contribution >= 0.6 is 0 Å². The van der Waals surface area contributed by atoms with Crippen molar-refractivity contribution in [3.05, 3.63) is 30.5 Å². The number of fused-ring (bicyclic) bond motifs is 1. The molecule has 0 N–H and O–H groups in total. The van der Waals surface area contributed by atoms with E-state index in [-0.39, 0.29) is 17.7 Å². The topological polar surface area (TPSA) is 82.3 Å². The second kappa shape index (κ2) is 7.13. The Hall–Kier alpha value is -1.71. The summed E-state index contributed by atoms with van der Waals surface area (Å²) in [5.74, 6) is 0.594. The lowest BCUT2D eigenvalue weighted by Gasteiger charge is -2.24. The zero-order chi connectivity index (χ0) is 18.1. The van der Waals surface area contributed by atoms with Gasteiger partial charge in [0.05, 0.1) is 31.2 Å². The maximum Gasteiger partial charge on any atom is 0.262 e. The van der Waals surface area contributed by atoms with E-state index in [1.807, 2.05) is 10.7 Å². The van der Waals surface area contributed by atoms with Crippen LogP contribution in [0.3, 0.4) is 0 Å². The summed E-state index contributed by atoms with van der Waals surface area (Å²) in [7, 11) is -1.91. The van der Waals surface area contributed by atoms with Gasteiger partial charge >= 0.3 is 0 Å². The van der Waals surface area contributed by atoms with Gasteiger partial charge in [-0.15, -0.1) is 0 Å². The molecule has 0 radical (unpaired) electrons. The summed E-state index contributed by atoms with van der Waals surface area (Å²) < 4.78 is 37.2. The molecule has 1 unspecified atom stereocenters. The average Bonchev–Trinajstić information content (AvgIpc) is 3.34. The largest absolute Gasteiger partial charge is 0.375 e. The second-order valence-corrected chi connectivity index (χ2v) is 9.17. The number of aryl methyl sites for hydroxylation is 1. The minimum absolute atomic E-state index is 0.0718. The van der Waals surface area contributed by atoms with Crippen molar-refractivity contribution in [1.82, 2.24) is 23.6 Å². The Bertz CT molecular complexity index is 853. The fraction of sp³-hybridized carbons (Fsp3) is 0.647. The quantitative estimate of drug-likeness (QED) is 0.784. The highest BCUT2D eigenvalue weighted by atomic mass is 32.2. The van der Waals surface area contributed by atoms with Gasteiger partial charge in [0.2, 0.25) is 0 Å². The van der Waals surface area contributed by atoms with E-state index in [0.717, 1.165) is 5.69 Å². The molecule has 1 atom stereocenters. The van der Waals surface area contributed by atoms with Gasteiger partial charge in [0.1, 0.15) is 0 Å². The van der Waals surface area contributed by atoms with E-state index < -0.39 is 10.0 Å². The van der Waals surface area contributed by atoms with Crippen LogP contribution in [0.5, 0.6) is 0 Å². The van der Waals surface area contributed by atoms with Crippen molar-refractivity contribution in [3.8, 4) is 0 Å². The molecule has 1 aliphatic carbocycles.